The second-order valence-corrected chi connectivity index (χ2v) is 5.18. The molecule has 0 heterocycles. The number of carbonyl (C=O) groups excluding carboxylic acids is 1. The first kappa shape index (κ1) is 18.8. The van der Waals surface area contributed by atoms with Crippen molar-refractivity contribution in [3.63, 3.8) is 0 Å². The number of methoxy groups -OCH3 is 2. The fraction of sp³-hybridized carbons (Fsp3) is 0.529. The summed E-state index contributed by atoms with van der Waals surface area (Å²) in [5.41, 5.74) is 1.36. The van der Waals surface area contributed by atoms with Gasteiger partial charge < -0.3 is 20.1 Å². The van der Waals surface area contributed by atoms with Crippen molar-refractivity contribution in [2.45, 2.75) is 39.8 Å². The molecule has 0 aliphatic carbocycles. The smallest absolute Gasteiger partial charge is 0.341 e. The fourth-order valence-electron chi connectivity index (χ4n) is 1.94. The maximum absolute atomic E-state index is 11.7. The number of esters is 1. The summed E-state index contributed by atoms with van der Waals surface area (Å²) >= 11 is 0. The van der Waals surface area contributed by atoms with E-state index in [1.165, 1.54) is 14.2 Å². The Morgan fingerprint density at radius 2 is 2.04 bits per heavy atom. The molecule has 1 aromatic rings. The lowest BCUT2D eigenvalue weighted by molar-refractivity contribution is 0.0597. The maximum Gasteiger partial charge on any atom is 0.341 e. The van der Waals surface area contributed by atoms with Crippen molar-refractivity contribution in [2.75, 3.05) is 20.8 Å². The third-order valence-electron chi connectivity index (χ3n) is 3.43. The number of carbonyl (C=O) groups is 1. The molecule has 6 heteroatoms. The lowest BCUT2D eigenvalue weighted by Gasteiger charge is -2.16. The van der Waals surface area contributed by atoms with Gasteiger partial charge in [-0.3, -0.25) is 0 Å². The Balaban J connectivity index is 2.89. The van der Waals surface area contributed by atoms with Crippen LogP contribution in [0.15, 0.2) is 23.2 Å². The van der Waals surface area contributed by atoms with E-state index in [1.807, 2.05) is 19.1 Å². The van der Waals surface area contributed by atoms with Crippen LogP contribution in [0.25, 0.3) is 0 Å². The van der Waals surface area contributed by atoms with Crippen LogP contribution in [0, 0.1) is 0 Å². The standard InChI is InChI=1S/C17H27N3O3/c1-6-12(3)20-17(18-7-2)19-11-13-8-9-14(16(21)23-5)15(10-13)22-4/h8-10,12H,6-7,11H2,1-5H3,(H2,18,19,20). The number of ether oxygens (including phenoxy) is 2. The predicted octanol–water partition coefficient (Wildman–Crippen LogP) is 2.34. The van der Waals surface area contributed by atoms with Gasteiger partial charge in [-0.05, 0) is 38.0 Å². The molecule has 0 bridgehead atoms. The van der Waals surface area contributed by atoms with Crippen molar-refractivity contribution in [3.05, 3.63) is 29.3 Å². The molecule has 6 nitrogen and oxygen atoms in total. The maximum atomic E-state index is 11.7. The van der Waals surface area contributed by atoms with Gasteiger partial charge in [-0.15, -0.1) is 0 Å². The van der Waals surface area contributed by atoms with Gasteiger partial charge in [0.1, 0.15) is 11.3 Å². The molecule has 0 saturated heterocycles. The fourth-order valence-corrected chi connectivity index (χ4v) is 1.94. The average molecular weight is 321 g/mol. The molecule has 1 rings (SSSR count). The van der Waals surface area contributed by atoms with Gasteiger partial charge in [0.25, 0.3) is 0 Å². The highest BCUT2D eigenvalue weighted by molar-refractivity contribution is 5.92. The summed E-state index contributed by atoms with van der Waals surface area (Å²) in [6.45, 7) is 7.55. The van der Waals surface area contributed by atoms with Crippen molar-refractivity contribution in [3.8, 4) is 5.75 Å². The van der Waals surface area contributed by atoms with E-state index in [4.69, 9.17) is 9.47 Å². The minimum atomic E-state index is -0.413. The Kier molecular flexibility index (Phi) is 7.94. The largest absolute Gasteiger partial charge is 0.496 e. The van der Waals surface area contributed by atoms with Crippen LogP contribution < -0.4 is 15.4 Å². The molecular formula is C17H27N3O3. The molecule has 23 heavy (non-hydrogen) atoms. The minimum absolute atomic E-state index is 0.351. The Bertz CT molecular complexity index is 544. The molecular weight excluding hydrogens is 294 g/mol. The summed E-state index contributed by atoms with van der Waals surface area (Å²) in [5.74, 6) is 0.853. The highest BCUT2D eigenvalue weighted by Gasteiger charge is 2.13. The SMILES string of the molecule is CCNC(=NCc1ccc(C(=O)OC)c(OC)c1)NC(C)CC. The number of rotatable bonds is 7. The first-order valence-electron chi connectivity index (χ1n) is 7.85. The van der Waals surface area contributed by atoms with Crippen LogP contribution in [-0.2, 0) is 11.3 Å². The van der Waals surface area contributed by atoms with E-state index < -0.39 is 5.97 Å². The van der Waals surface area contributed by atoms with E-state index in [-0.39, 0.29) is 0 Å². The summed E-state index contributed by atoms with van der Waals surface area (Å²) in [6.07, 6.45) is 1.02. The minimum Gasteiger partial charge on any atom is -0.496 e. The topological polar surface area (TPSA) is 72.0 Å². The van der Waals surface area contributed by atoms with Crippen LogP contribution in [0.3, 0.4) is 0 Å². The van der Waals surface area contributed by atoms with Crippen LogP contribution in [0.2, 0.25) is 0 Å². The highest BCUT2D eigenvalue weighted by Crippen LogP contribution is 2.21. The van der Waals surface area contributed by atoms with Gasteiger partial charge in [-0.2, -0.15) is 0 Å². The number of aliphatic imine (C=N–C) groups is 1. The number of nitrogens with one attached hydrogen (secondary N) is 2. The lowest BCUT2D eigenvalue weighted by Crippen LogP contribution is -2.41. The van der Waals surface area contributed by atoms with Crippen molar-refractivity contribution in [1.82, 2.24) is 10.6 Å². The average Bonchev–Trinajstić information content (AvgIpc) is 2.58. The van der Waals surface area contributed by atoms with Gasteiger partial charge in [0, 0.05) is 12.6 Å². The molecule has 2 N–H and O–H groups in total. The Morgan fingerprint density at radius 1 is 1.30 bits per heavy atom. The van der Waals surface area contributed by atoms with Crippen LogP contribution in [0.1, 0.15) is 43.1 Å². The third kappa shape index (κ3) is 5.81. The van der Waals surface area contributed by atoms with E-state index in [0.29, 0.717) is 23.9 Å². The number of hydrogen-bond acceptors (Lipinski definition) is 4. The van der Waals surface area contributed by atoms with Gasteiger partial charge in [0.15, 0.2) is 5.96 Å². The molecule has 0 radical (unpaired) electrons. The molecule has 0 aliphatic rings. The quantitative estimate of drug-likeness (QED) is 0.458. The third-order valence-corrected chi connectivity index (χ3v) is 3.43. The molecule has 0 aliphatic heterocycles. The summed E-state index contributed by atoms with van der Waals surface area (Å²) in [5, 5.41) is 6.56. The molecule has 1 aromatic carbocycles. The van der Waals surface area contributed by atoms with E-state index in [1.54, 1.807) is 6.07 Å². The van der Waals surface area contributed by atoms with E-state index in [0.717, 1.165) is 24.5 Å². The summed E-state index contributed by atoms with van der Waals surface area (Å²) in [7, 11) is 2.88. The van der Waals surface area contributed by atoms with Crippen LogP contribution in [0.5, 0.6) is 5.75 Å². The molecule has 0 aromatic heterocycles. The zero-order valence-corrected chi connectivity index (χ0v) is 14.6. The van der Waals surface area contributed by atoms with E-state index in [9.17, 15) is 4.79 Å². The number of nitrogens with zero attached hydrogens (tertiary/aromatic N) is 1. The zero-order chi connectivity index (χ0) is 17.2. The van der Waals surface area contributed by atoms with Gasteiger partial charge in [-0.1, -0.05) is 13.0 Å². The first-order valence-corrected chi connectivity index (χ1v) is 7.85. The molecule has 128 valence electrons. The first-order chi connectivity index (χ1) is 11.0. The van der Waals surface area contributed by atoms with Gasteiger partial charge in [0.05, 0.1) is 20.8 Å². The van der Waals surface area contributed by atoms with Gasteiger partial charge in [-0.25, -0.2) is 9.79 Å². The normalized spacial score (nSPS) is 12.5. The van der Waals surface area contributed by atoms with Crippen molar-refractivity contribution < 1.29 is 14.3 Å². The summed E-state index contributed by atoms with van der Waals surface area (Å²) < 4.78 is 10.0. The second kappa shape index (κ2) is 9.71. The molecule has 1 unspecified atom stereocenters. The highest BCUT2D eigenvalue weighted by atomic mass is 16.5. The number of guanidine groups is 1. The van der Waals surface area contributed by atoms with Crippen molar-refractivity contribution in [1.29, 1.82) is 0 Å². The van der Waals surface area contributed by atoms with E-state index in [2.05, 4.69) is 29.5 Å². The van der Waals surface area contributed by atoms with E-state index >= 15 is 0 Å². The second-order valence-electron chi connectivity index (χ2n) is 5.18. The summed E-state index contributed by atoms with van der Waals surface area (Å²) in [6, 6.07) is 5.71. The lowest BCUT2D eigenvalue weighted by atomic mass is 10.1. The van der Waals surface area contributed by atoms with Gasteiger partial charge in [0.2, 0.25) is 0 Å². The summed E-state index contributed by atoms with van der Waals surface area (Å²) in [4.78, 5) is 16.2. The zero-order valence-electron chi connectivity index (χ0n) is 14.6. The van der Waals surface area contributed by atoms with Crippen molar-refractivity contribution in [2.24, 2.45) is 4.99 Å². The van der Waals surface area contributed by atoms with Crippen LogP contribution >= 0.6 is 0 Å². The van der Waals surface area contributed by atoms with Crippen molar-refractivity contribution >= 4 is 11.9 Å². The monoisotopic (exact) mass is 321 g/mol. The molecule has 0 spiro atoms. The Morgan fingerprint density at radius 3 is 2.61 bits per heavy atom. The molecule has 0 fully saturated rings. The Hall–Kier alpha value is -2.24. The Labute approximate surface area is 138 Å². The molecule has 0 saturated carbocycles. The van der Waals surface area contributed by atoms with Crippen LogP contribution in [-0.4, -0.2) is 38.7 Å². The number of hydrogen-bond donors (Lipinski definition) is 2. The predicted molar refractivity (Wildman–Crippen MR) is 92.0 cm³/mol. The van der Waals surface area contributed by atoms with Crippen LogP contribution in [0.4, 0.5) is 0 Å². The molecule has 0 amide bonds. The molecule has 1 atom stereocenters. The van der Waals surface area contributed by atoms with Gasteiger partial charge >= 0.3 is 5.97 Å². The number of benzene rings is 1.